The molecule has 0 radical (unpaired) electrons. The van der Waals surface area contributed by atoms with Crippen molar-refractivity contribution in [3.63, 3.8) is 0 Å². The van der Waals surface area contributed by atoms with Gasteiger partial charge in [-0.2, -0.15) is 0 Å². The van der Waals surface area contributed by atoms with Gasteiger partial charge in [0.1, 0.15) is 5.82 Å². The summed E-state index contributed by atoms with van der Waals surface area (Å²) in [7, 11) is 5.53. The maximum absolute atomic E-state index is 13.3. The van der Waals surface area contributed by atoms with Crippen LogP contribution in [-0.2, 0) is 9.47 Å². The molecule has 0 aliphatic carbocycles. The molecule has 1 fully saturated rings. The second kappa shape index (κ2) is 12.6. The lowest BCUT2D eigenvalue weighted by Crippen LogP contribution is -2.47. The fourth-order valence-corrected chi connectivity index (χ4v) is 3.38. The lowest BCUT2D eigenvalue weighted by Gasteiger charge is -2.34. The monoisotopic (exact) mass is 394 g/mol. The molecular weight excluding hydrogens is 359 g/mol. The van der Waals surface area contributed by atoms with Crippen LogP contribution in [0.2, 0.25) is 0 Å². The maximum Gasteiger partial charge on any atom is 0.193 e. The van der Waals surface area contributed by atoms with Gasteiger partial charge in [0.25, 0.3) is 0 Å². The molecule has 28 heavy (non-hydrogen) atoms. The second-order valence-corrected chi connectivity index (χ2v) is 7.13. The van der Waals surface area contributed by atoms with Gasteiger partial charge in [0.05, 0.1) is 6.10 Å². The third kappa shape index (κ3) is 7.64. The number of methoxy groups -OCH3 is 1. The van der Waals surface area contributed by atoms with Gasteiger partial charge < -0.3 is 24.6 Å². The summed E-state index contributed by atoms with van der Waals surface area (Å²) in [5.74, 6) is 0.750. The SMILES string of the molecule is CN=C(NCCCN(C)c1cccc(F)c1)N1CCC(OCCCOC)CC1. The van der Waals surface area contributed by atoms with Gasteiger partial charge in [0.15, 0.2) is 5.96 Å². The molecule has 2 rings (SSSR count). The number of nitrogens with one attached hydrogen (secondary N) is 1. The first-order valence-electron chi connectivity index (χ1n) is 10.2. The Labute approximate surface area is 168 Å². The van der Waals surface area contributed by atoms with Gasteiger partial charge in [0.2, 0.25) is 0 Å². The van der Waals surface area contributed by atoms with E-state index in [0.29, 0.717) is 6.10 Å². The van der Waals surface area contributed by atoms with E-state index < -0.39 is 0 Å². The zero-order valence-corrected chi connectivity index (χ0v) is 17.5. The van der Waals surface area contributed by atoms with E-state index in [2.05, 4.69) is 20.1 Å². The van der Waals surface area contributed by atoms with Crippen LogP contribution in [-0.4, -0.2) is 77.6 Å². The molecule has 0 aromatic heterocycles. The molecule has 1 aliphatic heterocycles. The predicted octanol–water partition coefficient (Wildman–Crippen LogP) is 2.74. The molecule has 1 aromatic carbocycles. The Bertz CT molecular complexity index is 592. The molecule has 6 nitrogen and oxygen atoms in total. The smallest absolute Gasteiger partial charge is 0.193 e. The Morgan fingerprint density at radius 3 is 2.75 bits per heavy atom. The van der Waals surface area contributed by atoms with Gasteiger partial charge in [-0.15, -0.1) is 0 Å². The zero-order chi connectivity index (χ0) is 20.2. The number of halogens is 1. The van der Waals surface area contributed by atoms with Gasteiger partial charge >= 0.3 is 0 Å². The third-order valence-electron chi connectivity index (χ3n) is 5.00. The number of hydrogen-bond acceptors (Lipinski definition) is 4. The number of guanidine groups is 1. The highest BCUT2D eigenvalue weighted by Gasteiger charge is 2.21. The molecule has 1 heterocycles. The Kier molecular flexibility index (Phi) is 10.1. The van der Waals surface area contributed by atoms with Crippen LogP contribution in [0.15, 0.2) is 29.3 Å². The molecule has 7 heteroatoms. The van der Waals surface area contributed by atoms with Crippen LogP contribution in [0.25, 0.3) is 0 Å². The Balaban J connectivity index is 1.64. The van der Waals surface area contributed by atoms with E-state index in [-0.39, 0.29) is 5.82 Å². The van der Waals surface area contributed by atoms with E-state index >= 15 is 0 Å². The van der Waals surface area contributed by atoms with Crippen molar-refractivity contribution < 1.29 is 13.9 Å². The van der Waals surface area contributed by atoms with E-state index in [9.17, 15) is 4.39 Å². The summed E-state index contributed by atoms with van der Waals surface area (Å²) in [6, 6.07) is 6.70. The summed E-state index contributed by atoms with van der Waals surface area (Å²) in [5, 5.41) is 3.45. The summed E-state index contributed by atoms with van der Waals surface area (Å²) < 4.78 is 24.3. The van der Waals surface area contributed by atoms with E-state index in [1.54, 1.807) is 19.2 Å². The highest BCUT2D eigenvalue weighted by atomic mass is 19.1. The van der Waals surface area contributed by atoms with Crippen molar-refractivity contribution in [2.24, 2.45) is 4.99 Å². The second-order valence-electron chi connectivity index (χ2n) is 7.13. The zero-order valence-electron chi connectivity index (χ0n) is 17.5. The molecule has 0 bridgehead atoms. The first kappa shape index (κ1) is 22.4. The summed E-state index contributed by atoms with van der Waals surface area (Å²) >= 11 is 0. The Morgan fingerprint density at radius 1 is 1.29 bits per heavy atom. The van der Waals surface area contributed by atoms with Crippen LogP contribution in [0.4, 0.5) is 10.1 Å². The molecule has 0 saturated carbocycles. The first-order chi connectivity index (χ1) is 13.6. The fraction of sp³-hybridized carbons (Fsp3) is 0.667. The third-order valence-corrected chi connectivity index (χ3v) is 5.00. The molecule has 1 aromatic rings. The van der Waals surface area contributed by atoms with Gasteiger partial charge in [0, 0.05) is 66.3 Å². The number of hydrogen-bond donors (Lipinski definition) is 1. The lowest BCUT2D eigenvalue weighted by atomic mass is 10.1. The van der Waals surface area contributed by atoms with Crippen molar-refractivity contribution >= 4 is 11.6 Å². The minimum absolute atomic E-state index is 0.200. The largest absolute Gasteiger partial charge is 0.385 e. The molecule has 1 N–H and O–H groups in total. The molecule has 158 valence electrons. The van der Waals surface area contributed by atoms with Crippen molar-refractivity contribution in [3.8, 4) is 0 Å². The van der Waals surface area contributed by atoms with Crippen molar-refractivity contribution in [1.29, 1.82) is 0 Å². The van der Waals surface area contributed by atoms with Crippen LogP contribution in [0.1, 0.15) is 25.7 Å². The molecule has 0 atom stereocenters. The maximum atomic E-state index is 13.3. The number of piperidine rings is 1. The molecule has 0 unspecified atom stereocenters. The Morgan fingerprint density at radius 2 is 2.07 bits per heavy atom. The number of benzene rings is 1. The van der Waals surface area contributed by atoms with Gasteiger partial charge in [-0.1, -0.05) is 6.07 Å². The molecular formula is C21H35FN4O2. The van der Waals surface area contributed by atoms with Crippen molar-refractivity contribution in [2.75, 3.05) is 65.5 Å². The van der Waals surface area contributed by atoms with Crippen LogP contribution in [0.5, 0.6) is 0 Å². The van der Waals surface area contributed by atoms with Crippen LogP contribution in [0.3, 0.4) is 0 Å². The average molecular weight is 395 g/mol. The van der Waals surface area contributed by atoms with Crippen LogP contribution < -0.4 is 10.2 Å². The lowest BCUT2D eigenvalue weighted by molar-refractivity contribution is 0.00991. The van der Waals surface area contributed by atoms with Crippen molar-refractivity contribution in [2.45, 2.75) is 31.8 Å². The van der Waals surface area contributed by atoms with Crippen LogP contribution >= 0.6 is 0 Å². The Hall–Kier alpha value is -1.86. The average Bonchev–Trinajstić information content (AvgIpc) is 2.72. The van der Waals surface area contributed by atoms with Gasteiger partial charge in [-0.3, -0.25) is 4.99 Å². The normalized spacial score (nSPS) is 15.7. The first-order valence-corrected chi connectivity index (χ1v) is 10.2. The van der Waals surface area contributed by atoms with Gasteiger partial charge in [-0.05, 0) is 43.9 Å². The molecule has 0 amide bonds. The predicted molar refractivity (Wildman–Crippen MR) is 113 cm³/mol. The number of aliphatic imine (C=N–C) groups is 1. The van der Waals surface area contributed by atoms with Crippen molar-refractivity contribution in [3.05, 3.63) is 30.1 Å². The summed E-state index contributed by atoms with van der Waals surface area (Å²) in [6.45, 7) is 5.12. The molecule has 1 aliphatic rings. The number of likely N-dealkylation sites (tertiary alicyclic amines) is 1. The van der Waals surface area contributed by atoms with Crippen LogP contribution in [0, 0.1) is 5.82 Å². The highest BCUT2D eigenvalue weighted by Crippen LogP contribution is 2.15. The van der Waals surface area contributed by atoms with E-state index in [0.717, 1.165) is 76.7 Å². The summed E-state index contributed by atoms with van der Waals surface area (Å²) in [5.41, 5.74) is 0.900. The number of nitrogens with zero attached hydrogens (tertiary/aromatic N) is 3. The number of ether oxygens (including phenoxy) is 2. The fourth-order valence-electron chi connectivity index (χ4n) is 3.38. The highest BCUT2D eigenvalue weighted by molar-refractivity contribution is 5.79. The minimum atomic E-state index is -0.200. The molecule has 0 spiro atoms. The number of rotatable bonds is 10. The topological polar surface area (TPSA) is 49.3 Å². The summed E-state index contributed by atoms with van der Waals surface area (Å²) in [6.07, 6.45) is 4.28. The van der Waals surface area contributed by atoms with Gasteiger partial charge in [-0.25, -0.2) is 4.39 Å². The standard InChI is InChI=1S/C21H35FN4O2/c1-23-21(26-13-9-20(10-14-26)28-16-6-15-27-3)24-11-5-12-25(2)19-8-4-7-18(22)17-19/h4,7-8,17,20H,5-6,9-16H2,1-3H3,(H,23,24). The number of anilines is 1. The molecule has 1 saturated heterocycles. The quantitative estimate of drug-likeness (QED) is 0.376. The van der Waals surface area contributed by atoms with Crippen molar-refractivity contribution in [1.82, 2.24) is 10.2 Å². The van der Waals surface area contributed by atoms with E-state index in [1.165, 1.54) is 6.07 Å². The summed E-state index contributed by atoms with van der Waals surface area (Å²) in [4.78, 5) is 8.79. The van der Waals surface area contributed by atoms with E-state index in [4.69, 9.17) is 9.47 Å². The van der Waals surface area contributed by atoms with E-state index in [1.807, 2.05) is 20.2 Å². The minimum Gasteiger partial charge on any atom is -0.385 e.